The third-order valence-corrected chi connectivity index (χ3v) is 7.35. The van der Waals surface area contributed by atoms with E-state index in [0.717, 1.165) is 39.1 Å². The number of hydrogen-bond donors (Lipinski definition) is 0. The fourth-order valence-electron chi connectivity index (χ4n) is 5.15. The number of carbonyl (C=O) groups is 2. The van der Waals surface area contributed by atoms with E-state index >= 15 is 0 Å². The summed E-state index contributed by atoms with van der Waals surface area (Å²) in [5.74, 6) is -1.06. The van der Waals surface area contributed by atoms with Crippen LogP contribution in [0.25, 0.3) is 0 Å². The van der Waals surface area contributed by atoms with Crippen molar-refractivity contribution in [3.8, 4) is 0 Å². The van der Waals surface area contributed by atoms with Gasteiger partial charge in [0.25, 0.3) is 11.7 Å². The van der Waals surface area contributed by atoms with Gasteiger partial charge in [-0.2, -0.15) is 0 Å². The molecule has 9 heteroatoms. The van der Waals surface area contributed by atoms with Gasteiger partial charge in [0.05, 0.1) is 22.3 Å². The van der Waals surface area contributed by atoms with Crippen molar-refractivity contribution in [1.29, 1.82) is 0 Å². The van der Waals surface area contributed by atoms with E-state index in [2.05, 4.69) is 70.5 Å². The van der Waals surface area contributed by atoms with Crippen molar-refractivity contribution in [1.82, 2.24) is 9.80 Å². The van der Waals surface area contributed by atoms with Gasteiger partial charge in [-0.1, -0.05) is 83.9 Å². The summed E-state index contributed by atoms with van der Waals surface area (Å²) >= 11 is 12.4. The van der Waals surface area contributed by atoms with Gasteiger partial charge in [-0.15, -0.1) is 24.8 Å². The molecule has 196 valence electrons. The minimum absolute atomic E-state index is 0. The number of ketones is 1. The largest absolute Gasteiger partial charge is 0.303 e. The Morgan fingerprint density at radius 2 is 1.32 bits per heavy atom. The predicted octanol–water partition coefficient (Wildman–Crippen LogP) is 6.16. The fraction of sp³-hybridized carbons (Fsp3) is 0.286. The minimum atomic E-state index is -0.536. The van der Waals surface area contributed by atoms with Crippen LogP contribution in [0.5, 0.6) is 0 Å². The Kier molecular flexibility index (Phi) is 10.4. The SMILES string of the molecule is Cl.Cl.O=C1C(=O)N(CCCN2CCN(C(c3ccccc3)c3ccccc3)CC2)c2c(Cl)cc(Cl)cc21. The number of carbonyl (C=O) groups excluding carboxylic acids is 2. The van der Waals surface area contributed by atoms with Crippen LogP contribution < -0.4 is 4.90 Å². The first-order chi connectivity index (χ1) is 17.0. The van der Waals surface area contributed by atoms with Crippen molar-refractivity contribution in [2.75, 3.05) is 44.2 Å². The van der Waals surface area contributed by atoms with Crippen LogP contribution in [0.1, 0.15) is 33.9 Å². The number of rotatable bonds is 7. The van der Waals surface area contributed by atoms with Crippen LogP contribution in [0, 0.1) is 0 Å². The molecule has 0 N–H and O–H groups in total. The van der Waals surface area contributed by atoms with E-state index in [9.17, 15) is 9.59 Å². The highest BCUT2D eigenvalue weighted by molar-refractivity contribution is 6.54. The second-order valence-corrected chi connectivity index (χ2v) is 9.87. The number of amides is 1. The molecule has 1 fully saturated rings. The summed E-state index contributed by atoms with van der Waals surface area (Å²) in [4.78, 5) is 31.4. The second-order valence-electron chi connectivity index (χ2n) is 9.02. The van der Waals surface area contributed by atoms with E-state index in [-0.39, 0.29) is 30.9 Å². The molecule has 0 bridgehead atoms. The third kappa shape index (κ3) is 6.31. The maximum Gasteiger partial charge on any atom is 0.299 e. The Morgan fingerprint density at radius 3 is 1.89 bits per heavy atom. The molecule has 2 aliphatic heterocycles. The number of Topliss-reactive ketones (excluding diaryl/α,β-unsaturated/α-hetero) is 1. The summed E-state index contributed by atoms with van der Waals surface area (Å²) < 4.78 is 0. The average Bonchev–Trinajstić information content (AvgIpc) is 3.11. The highest BCUT2D eigenvalue weighted by atomic mass is 35.5. The first-order valence-electron chi connectivity index (χ1n) is 11.9. The monoisotopic (exact) mass is 579 g/mol. The normalized spacial score (nSPS) is 15.9. The van der Waals surface area contributed by atoms with Gasteiger partial charge in [0, 0.05) is 37.7 Å². The highest BCUT2D eigenvalue weighted by Gasteiger charge is 2.37. The van der Waals surface area contributed by atoms with Gasteiger partial charge in [0.2, 0.25) is 0 Å². The smallest absolute Gasteiger partial charge is 0.299 e. The van der Waals surface area contributed by atoms with Crippen LogP contribution in [0.3, 0.4) is 0 Å². The molecular formula is C28H29Cl4N3O2. The molecule has 1 saturated heterocycles. The summed E-state index contributed by atoms with van der Waals surface area (Å²) in [6, 6.07) is 24.7. The third-order valence-electron chi connectivity index (χ3n) is 6.84. The molecule has 1 amide bonds. The van der Waals surface area contributed by atoms with Crippen molar-refractivity contribution in [3.05, 3.63) is 99.5 Å². The van der Waals surface area contributed by atoms with Crippen LogP contribution in [0.15, 0.2) is 72.8 Å². The number of halogens is 4. The first kappa shape index (κ1) is 29.4. The number of anilines is 1. The van der Waals surface area contributed by atoms with E-state index in [1.165, 1.54) is 22.1 Å². The molecule has 0 saturated carbocycles. The van der Waals surface area contributed by atoms with E-state index in [0.29, 0.717) is 27.8 Å². The lowest BCUT2D eigenvalue weighted by molar-refractivity contribution is -0.114. The molecule has 5 nitrogen and oxygen atoms in total. The fourth-order valence-corrected chi connectivity index (χ4v) is 5.74. The highest BCUT2D eigenvalue weighted by Crippen LogP contribution is 2.38. The van der Waals surface area contributed by atoms with Gasteiger partial charge < -0.3 is 9.80 Å². The van der Waals surface area contributed by atoms with E-state index in [1.54, 1.807) is 6.07 Å². The topological polar surface area (TPSA) is 43.9 Å². The Balaban J connectivity index is 0.00000190. The maximum absolute atomic E-state index is 12.5. The van der Waals surface area contributed by atoms with E-state index in [4.69, 9.17) is 23.2 Å². The lowest BCUT2D eigenvalue weighted by atomic mass is 9.96. The van der Waals surface area contributed by atoms with Gasteiger partial charge in [0.15, 0.2) is 0 Å². The summed E-state index contributed by atoms with van der Waals surface area (Å²) in [7, 11) is 0. The Morgan fingerprint density at radius 1 is 0.757 bits per heavy atom. The quantitative estimate of drug-likeness (QED) is 0.314. The van der Waals surface area contributed by atoms with Crippen molar-refractivity contribution in [2.24, 2.45) is 0 Å². The average molecular weight is 581 g/mol. The molecule has 0 atom stereocenters. The zero-order valence-corrected chi connectivity index (χ0v) is 23.3. The Bertz CT molecular complexity index is 1180. The standard InChI is InChI=1S/C28H27Cl2N3O2.2ClH/c29-22-18-23-26(24(30)19-22)33(28(35)27(23)34)13-7-12-31-14-16-32(17-15-31)25(20-8-3-1-4-9-20)21-10-5-2-6-11-21;;/h1-6,8-11,18-19,25H,7,12-17H2;2*1H. The second kappa shape index (κ2) is 13.1. The van der Waals surface area contributed by atoms with E-state index in [1.807, 2.05) is 0 Å². The lowest BCUT2D eigenvalue weighted by Crippen LogP contribution is -2.48. The predicted molar refractivity (Wildman–Crippen MR) is 155 cm³/mol. The lowest BCUT2D eigenvalue weighted by Gasteiger charge is -2.40. The molecule has 2 heterocycles. The molecule has 0 unspecified atom stereocenters. The number of piperazine rings is 1. The Labute approximate surface area is 240 Å². The molecule has 2 aliphatic rings. The van der Waals surface area contributed by atoms with Gasteiger partial charge in [-0.05, 0) is 36.2 Å². The molecule has 0 aliphatic carbocycles. The zero-order chi connectivity index (χ0) is 24.4. The number of hydrogen-bond acceptors (Lipinski definition) is 4. The summed E-state index contributed by atoms with van der Waals surface area (Å²) in [5.41, 5.74) is 3.40. The Hall–Kier alpha value is -2.12. The van der Waals surface area contributed by atoms with Crippen molar-refractivity contribution in [2.45, 2.75) is 12.5 Å². The maximum atomic E-state index is 12.5. The number of benzene rings is 3. The van der Waals surface area contributed by atoms with Gasteiger partial charge in [0.1, 0.15) is 0 Å². The summed E-state index contributed by atoms with van der Waals surface area (Å²) in [6.45, 7) is 5.14. The molecule has 0 radical (unpaired) electrons. The molecule has 5 rings (SSSR count). The van der Waals surface area contributed by atoms with E-state index < -0.39 is 11.7 Å². The molecule has 3 aromatic carbocycles. The van der Waals surface area contributed by atoms with Crippen LogP contribution in [0.4, 0.5) is 5.69 Å². The van der Waals surface area contributed by atoms with Crippen molar-refractivity contribution >= 4 is 65.4 Å². The van der Waals surface area contributed by atoms with Gasteiger partial charge in [-0.3, -0.25) is 14.5 Å². The summed E-state index contributed by atoms with van der Waals surface area (Å²) in [5, 5.41) is 0.701. The molecule has 37 heavy (non-hydrogen) atoms. The molecule has 3 aromatic rings. The van der Waals surface area contributed by atoms with Crippen molar-refractivity contribution in [3.63, 3.8) is 0 Å². The van der Waals surface area contributed by atoms with Crippen LogP contribution in [-0.4, -0.2) is 60.8 Å². The van der Waals surface area contributed by atoms with Crippen molar-refractivity contribution < 1.29 is 9.59 Å². The van der Waals surface area contributed by atoms with Crippen LogP contribution >= 0.6 is 48.0 Å². The summed E-state index contributed by atoms with van der Waals surface area (Å²) in [6.07, 6.45) is 0.762. The first-order valence-corrected chi connectivity index (χ1v) is 12.7. The number of nitrogens with zero attached hydrogens (tertiary/aromatic N) is 3. The zero-order valence-electron chi connectivity index (χ0n) is 20.2. The molecule has 0 spiro atoms. The van der Waals surface area contributed by atoms with Crippen LogP contribution in [0.2, 0.25) is 10.0 Å². The molecular weight excluding hydrogens is 552 g/mol. The number of fused-ring (bicyclic) bond motifs is 1. The van der Waals surface area contributed by atoms with Gasteiger partial charge >= 0.3 is 0 Å². The molecule has 0 aromatic heterocycles. The van der Waals surface area contributed by atoms with Crippen LogP contribution in [-0.2, 0) is 4.79 Å². The minimum Gasteiger partial charge on any atom is -0.303 e. The van der Waals surface area contributed by atoms with Gasteiger partial charge in [-0.25, -0.2) is 0 Å².